The Morgan fingerprint density at radius 2 is 2.33 bits per heavy atom. The van der Waals surface area contributed by atoms with Crippen LogP contribution in [0.15, 0.2) is 24.5 Å². The lowest BCUT2D eigenvalue weighted by Crippen LogP contribution is -2.22. The Labute approximate surface area is 88.9 Å². The lowest BCUT2D eigenvalue weighted by Gasteiger charge is -2.10. The fourth-order valence-electron chi connectivity index (χ4n) is 2.17. The van der Waals surface area contributed by atoms with Gasteiger partial charge >= 0.3 is 0 Å². The normalized spacial score (nSPS) is 18.3. The van der Waals surface area contributed by atoms with E-state index in [0.29, 0.717) is 6.54 Å². The molecule has 2 N–H and O–H groups in total. The minimum Gasteiger partial charge on any atom is -0.329 e. The molecule has 1 fully saturated rings. The Hall–Kier alpha value is -1.35. The van der Waals surface area contributed by atoms with E-state index in [0.717, 1.165) is 5.82 Å². The molecule has 1 aliphatic carbocycles. The van der Waals surface area contributed by atoms with Gasteiger partial charge in [0.2, 0.25) is 0 Å². The van der Waals surface area contributed by atoms with Crippen LogP contribution in [0.3, 0.4) is 0 Å². The SMILES string of the molecule is Cc1ccn2c(C3(CN)CC3)ncc2c1. The Kier molecular flexibility index (Phi) is 1.68. The second-order valence-electron chi connectivity index (χ2n) is 4.57. The number of nitrogens with two attached hydrogens (primary N) is 1. The van der Waals surface area contributed by atoms with Crippen LogP contribution >= 0.6 is 0 Å². The van der Waals surface area contributed by atoms with Crippen molar-refractivity contribution in [2.45, 2.75) is 25.2 Å². The molecule has 0 aliphatic heterocycles. The van der Waals surface area contributed by atoms with Crippen molar-refractivity contribution in [3.05, 3.63) is 35.9 Å². The number of aryl methyl sites for hydroxylation is 1. The molecule has 0 radical (unpaired) electrons. The molecule has 3 nitrogen and oxygen atoms in total. The molecule has 0 unspecified atom stereocenters. The summed E-state index contributed by atoms with van der Waals surface area (Å²) in [5, 5.41) is 0. The first-order chi connectivity index (χ1) is 7.25. The molecule has 15 heavy (non-hydrogen) atoms. The summed E-state index contributed by atoms with van der Waals surface area (Å²) in [5.41, 5.74) is 8.44. The summed E-state index contributed by atoms with van der Waals surface area (Å²) >= 11 is 0. The summed E-state index contributed by atoms with van der Waals surface area (Å²) in [6, 6.07) is 4.27. The van der Waals surface area contributed by atoms with Crippen LogP contribution in [-0.4, -0.2) is 15.9 Å². The number of nitrogens with zero attached hydrogens (tertiary/aromatic N) is 2. The summed E-state index contributed by atoms with van der Waals surface area (Å²) in [5.74, 6) is 1.14. The summed E-state index contributed by atoms with van der Waals surface area (Å²) in [7, 11) is 0. The van der Waals surface area contributed by atoms with Crippen LogP contribution in [0.25, 0.3) is 5.52 Å². The van der Waals surface area contributed by atoms with Crippen molar-refractivity contribution in [1.82, 2.24) is 9.38 Å². The van der Waals surface area contributed by atoms with Crippen molar-refractivity contribution in [2.24, 2.45) is 5.73 Å². The Bertz CT molecular complexity index is 509. The van der Waals surface area contributed by atoms with Crippen molar-refractivity contribution in [1.29, 1.82) is 0 Å². The van der Waals surface area contributed by atoms with E-state index < -0.39 is 0 Å². The smallest absolute Gasteiger partial charge is 0.120 e. The second kappa shape index (κ2) is 2.83. The van der Waals surface area contributed by atoms with Gasteiger partial charge in [-0.05, 0) is 37.5 Å². The van der Waals surface area contributed by atoms with Crippen molar-refractivity contribution in [3.8, 4) is 0 Å². The molecule has 78 valence electrons. The number of rotatable bonds is 2. The predicted octanol–water partition coefficient (Wildman–Crippen LogP) is 1.63. The largest absolute Gasteiger partial charge is 0.329 e. The van der Waals surface area contributed by atoms with Crippen LogP contribution in [0, 0.1) is 6.92 Å². The van der Waals surface area contributed by atoms with Crippen molar-refractivity contribution >= 4 is 5.52 Å². The molecule has 2 heterocycles. The van der Waals surface area contributed by atoms with Gasteiger partial charge in [0.25, 0.3) is 0 Å². The molecule has 0 atom stereocenters. The highest BCUT2D eigenvalue weighted by Crippen LogP contribution is 2.46. The van der Waals surface area contributed by atoms with E-state index in [1.807, 2.05) is 6.20 Å². The van der Waals surface area contributed by atoms with E-state index in [1.165, 1.54) is 23.9 Å². The minimum atomic E-state index is 0.168. The maximum atomic E-state index is 5.83. The third-order valence-electron chi connectivity index (χ3n) is 3.41. The first kappa shape index (κ1) is 8.92. The molecule has 0 saturated heterocycles. The van der Waals surface area contributed by atoms with Gasteiger partial charge in [0, 0.05) is 18.2 Å². The standard InChI is InChI=1S/C12H15N3/c1-9-2-5-15-10(6-9)7-14-11(15)12(8-13)3-4-12/h2,5-7H,3-4,8,13H2,1H3. The Morgan fingerprint density at radius 1 is 1.53 bits per heavy atom. The third kappa shape index (κ3) is 1.20. The number of hydrogen-bond acceptors (Lipinski definition) is 2. The van der Waals surface area contributed by atoms with Gasteiger partial charge in [-0.3, -0.25) is 0 Å². The first-order valence-corrected chi connectivity index (χ1v) is 5.39. The molecule has 0 aromatic carbocycles. The van der Waals surface area contributed by atoms with Gasteiger partial charge in [0.15, 0.2) is 0 Å². The minimum absolute atomic E-state index is 0.168. The van der Waals surface area contributed by atoms with Gasteiger partial charge in [-0.25, -0.2) is 4.98 Å². The highest BCUT2D eigenvalue weighted by Gasteiger charge is 2.46. The van der Waals surface area contributed by atoms with E-state index >= 15 is 0 Å². The van der Waals surface area contributed by atoms with Crippen LogP contribution in [0.1, 0.15) is 24.2 Å². The number of fused-ring (bicyclic) bond motifs is 1. The monoisotopic (exact) mass is 201 g/mol. The zero-order valence-corrected chi connectivity index (χ0v) is 8.90. The van der Waals surface area contributed by atoms with Gasteiger partial charge in [-0.15, -0.1) is 0 Å². The lowest BCUT2D eigenvalue weighted by molar-refractivity contribution is 0.646. The molecular formula is C12H15N3. The predicted molar refractivity (Wildman–Crippen MR) is 59.9 cm³/mol. The maximum absolute atomic E-state index is 5.83. The van der Waals surface area contributed by atoms with Crippen molar-refractivity contribution in [2.75, 3.05) is 6.54 Å². The number of imidazole rings is 1. The molecule has 2 aromatic rings. The van der Waals surface area contributed by atoms with Gasteiger partial charge < -0.3 is 10.1 Å². The lowest BCUT2D eigenvalue weighted by atomic mass is 10.1. The summed E-state index contributed by atoms with van der Waals surface area (Å²) in [6.07, 6.45) is 6.40. The van der Waals surface area contributed by atoms with Crippen LogP contribution in [0.2, 0.25) is 0 Å². The van der Waals surface area contributed by atoms with E-state index in [4.69, 9.17) is 5.73 Å². The van der Waals surface area contributed by atoms with Gasteiger partial charge in [-0.1, -0.05) is 0 Å². The van der Waals surface area contributed by atoms with Crippen LogP contribution in [-0.2, 0) is 5.41 Å². The van der Waals surface area contributed by atoms with Crippen molar-refractivity contribution in [3.63, 3.8) is 0 Å². The average Bonchev–Trinajstić information content (AvgIpc) is 2.93. The molecular weight excluding hydrogens is 186 g/mol. The fraction of sp³-hybridized carbons (Fsp3) is 0.417. The fourth-order valence-corrected chi connectivity index (χ4v) is 2.17. The van der Waals surface area contributed by atoms with Crippen LogP contribution < -0.4 is 5.73 Å². The van der Waals surface area contributed by atoms with E-state index in [9.17, 15) is 0 Å². The van der Waals surface area contributed by atoms with E-state index in [1.54, 1.807) is 0 Å². The molecule has 1 saturated carbocycles. The van der Waals surface area contributed by atoms with Gasteiger partial charge in [-0.2, -0.15) is 0 Å². The molecule has 0 amide bonds. The zero-order chi connectivity index (χ0) is 10.5. The number of aromatic nitrogens is 2. The van der Waals surface area contributed by atoms with E-state index in [2.05, 4.69) is 34.6 Å². The molecule has 3 rings (SSSR count). The topological polar surface area (TPSA) is 43.3 Å². The molecule has 1 aliphatic rings. The third-order valence-corrected chi connectivity index (χ3v) is 3.41. The molecule has 0 bridgehead atoms. The molecule has 0 spiro atoms. The van der Waals surface area contributed by atoms with E-state index in [-0.39, 0.29) is 5.41 Å². The summed E-state index contributed by atoms with van der Waals surface area (Å²) in [4.78, 5) is 4.52. The molecule has 3 heteroatoms. The first-order valence-electron chi connectivity index (χ1n) is 5.39. The molecule has 2 aromatic heterocycles. The highest BCUT2D eigenvalue weighted by molar-refractivity contribution is 5.49. The average molecular weight is 201 g/mol. The maximum Gasteiger partial charge on any atom is 0.120 e. The highest BCUT2D eigenvalue weighted by atomic mass is 15.0. The van der Waals surface area contributed by atoms with Gasteiger partial charge in [0.1, 0.15) is 5.82 Å². The summed E-state index contributed by atoms with van der Waals surface area (Å²) in [6.45, 7) is 2.81. The van der Waals surface area contributed by atoms with Gasteiger partial charge in [0.05, 0.1) is 11.7 Å². The van der Waals surface area contributed by atoms with Crippen molar-refractivity contribution < 1.29 is 0 Å². The number of hydrogen-bond donors (Lipinski definition) is 1. The van der Waals surface area contributed by atoms with Crippen LogP contribution in [0.5, 0.6) is 0 Å². The Balaban J connectivity index is 2.21. The van der Waals surface area contributed by atoms with Crippen LogP contribution in [0.4, 0.5) is 0 Å². The second-order valence-corrected chi connectivity index (χ2v) is 4.57. The zero-order valence-electron chi connectivity index (χ0n) is 8.90. The summed E-state index contributed by atoms with van der Waals surface area (Å²) < 4.78 is 2.17. The number of pyridine rings is 1. The Morgan fingerprint density at radius 3 is 3.00 bits per heavy atom. The quantitative estimate of drug-likeness (QED) is 0.802.